The van der Waals surface area contributed by atoms with Gasteiger partial charge in [0.2, 0.25) is 5.95 Å². The number of rotatable bonds is 6. The molecule has 1 aliphatic carbocycles. The Kier molecular flexibility index (Phi) is 10.4. The number of halogens is 2. The molecule has 16 heteroatoms. The smallest absolute Gasteiger partial charge is 0.421 e. The Bertz CT molecular complexity index is 2000. The maximum Gasteiger partial charge on any atom is 0.421 e. The summed E-state index contributed by atoms with van der Waals surface area (Å²) in [6.07, 6.45) is 4.10. The summed E-state index contributed by atoms with van der Waals surface area (Å²) in [5, 5.41) is 12.8. The topological polar surface area (TPSA) is 165 Å². The lowest BCUT2D eigenvalue weighted by Gasteiger charge is -2.30. The van der Waals surface area contributed by atoms with Gasteiger partial charge in [-0.2, -0.15) is 9.97 Å². The first kappa shape index (κ1) is 37.0. The van der Waals surface area contributed by atoms with E-state index in [0.29, 0.717) is 57.3 Å². The number of aromatic nitrogens is 4. The maximum absolute atomic E-state index is 13.3. The highest BCUT2D eigenvalue weighted by molar-refractivity contribution is 6.42. The molecule has 1 saturated carbocycles. The summed E-state index contributed by atoms with van der Waals surface area (Å²) in [7, 11) is 0. The van der Waals surface area contributed by atoms with E-state index in [1.54, 1.807) is 39.0 Å². The molecule has 52 heavy (non-hydrogen) atoms. The van der Waals surface area contributed by atoms with Crippen LogP contribution in [-0.2, 0) is 15.9 Å². The standard InChI is InChI=1S/C36H43Cl2N9O5/c1-35(2,3)51-33(49)43-22-9-7-21(8-10-22)40-31-44-29(28-30(45-31)47(19-39-28)34(50)52-36(4,5)6)46-16-15-20-17-23(12-14-27(20)46)41-32(48)42-24-11-13-25(37)26(38)18-24/h11-14,17-19,21-22H,7-10,15-16H2,1-6H3,(H,43,49)(H,40,44,45)(H2,41,42,48). The third-order valence-electron chi connectivity index (χ3n) is 8.42. The van der Waals surface area contributed by atoms with Crippen LogP contribution in [-0.4, -0.2) is 67.6 Å². The van der Waals surface area contributed by atoms with Crippen LogP contribution in [0.25, 0.3) is 11.2 Å². The molecule has 2 aromatic heterocycles. The van der Waals surface area contributed by atoms with Crippen molar-refractivity contribution in [2.45, 2.75) is 96.9 Å². The molecule has 1 fully saturated rings. The van der Waals surface area contributed by atoms with Crippen molar-refractivity contribution in [2.75, 3.05) is 27.4 Å². The molecule has 3 amide bonds. The molecule has 0 saturated heterocycles. The van der Waals surface area contributed by atoms with Gasteiger partial charge in [-0.15, -0.1) is 0 Å². The minimum Gasteiger partial charge on any atom is -0.444 e. The van der Waals surface area contributed by atoms with Gasteiger partial charge >= 0.3 is 18.2 Å². The number of ether oxygens (including phenoxy) is 2. The van der Waals surface area contributed by atoms with Gasteiger partial charge in [0.1, 0.15) is 17.5 Å². The van der Waals surface area contributed by atoms with Crippen molar-refractivity contribution in [1.82, 2.24) is 24.8 Å². The fourth-order valence-electron chi connectivity index (χ4n) is 6.19. The van der Waals surface area contributed by atoms with E-state index in [1.807, 2.05) is 43.9 Å². The van der Waals surface area contributed by atoms with Crippen LogP contribution in [0.1, 0.15) is 72.8 Å². The molecule has 0 atom stereocenters. The zero-order valence-corrected chi connectivity index (χ0v) is 31.5. The number of nitrogens with zero attached hydrogens (tertiary/aromatic N) is 5. The predicted octanol–water partition coefficient (Wildman–Crippen LogP) is 8.50. The first-order chi connectivity index (χ1) is 24.5. The average molecular weight is 753 g/mol. The Hall–Kier alpha value is -4.82. The maximum atomic E-state index is 13.3. The number of carbonyl (C=O) groups excluding carboxylic acids is 3. The number of amides is 3. The van der Waals surface area contributed by atoms with Crippen LogP contribution >= 0.6 is 23.2 Å². The van der Waals surface area contributed by atoms with Crippen LogP contribution in [0.5, 0.6) is 0 Å². The number of urea groups is 1. The quantitative estimate of drug-likeness (QED) is 0.150. The third-order valence-corrected chi connectivity index (χ3v) is 9.15. The van der Waals surface area contributed by atoms with Crippen molar-refractivity contribution in [3.63, 3.8) is 0 Å². The molecule has 6 rings (SSSR count). The minimum atomic E-state index is -0.727. The number of nitrogens with one attached hydrogen (secondary N) is 4. The summed E-state index contributed by atoms with van der Waals surface area (Å²) in [5.74, 6) is 0.883. The molecular formula is C36H43Cl2N9O5. The summed E-state index contributed by atoms with van der Waals surface area (Å²) in [4.78, 5) is 54.7. The number of hydrogen-bond acceptors (Lipinski definition) is 10. The average Bonchev–Trinajstić information content (AvgIpc) is 3.66. The second-order valence-corrected chi connectivity index (χ2v) is 15.7. The van der Waals surface area contributed by atoms with Gasteiger partial charge in [-0.05, 0) is 116 Å². The second-order valence-electron chi connectivity index (χ2n) is 14.9. The second kappa shape index (κ2) is 14.7. The van der Waals surface area contributed by atoms with Crippen molar-refractivity contribution >= 4 is 81.4 Å². The van der Waals surface area contributed by atoms with E-state index < -0.39 is 29.4 Å². The molecule has 0 unspecified atom stereocenters. The van der Waals surface area contributed by atoms with Crippen LogP contribution in [0.2, 0.25) is 10.0 Å². The van der Waals surface area contributed by atoms with Crippen molar-refractivity contribution in [1.29, 1.82) is 0 Å². The zero-order chi connectivity index (χ0) is 37.4. The molecule has 2 aliphatic rings. The first-order valence-electron chi connectivity index (χ1n) is 17.2. The number of alkyl carbamates (subject to hydrolysis) is 1. The van der Waals surface area contributed by atoms with Crippen molar-refractivity contribution < 1.29 is 23.9 Å². The largest absolute Gasteiger partial charge is 0.444 e. The lowest BCUT2D eigenvalue weighted by Crippen LogP contribution is -2.42. The molecule has 2 aromatic carbocycles. The lowest BCUT2D eigenvalue weighted by molar-refractivity contribution is 0.0489. The van der Waals surface area contributed by atoms with E-state index in [9.17, 15) is 14.4 Å². The fraction of sp³-hybridized carbons (Fsp3) is 0.444. The molecule has 4 aromatic rings. The number of hydrogen-bond donors (Lipinski definition) is 4. The van der Waals surface area contributed by atoms with Crippen LogP contribution < -0.4 is 26.2 Å². The SMILES string of the molecule is CC(C)(C)OC(=O)NC1CCC(Nc2nc(N3CCc4cc(NC(=O)Nc5ccc(Cl)c(Cl)c5)ccc43)c3ncn(C(=O)OC(C)(C)C)c3n2)CC1. The van der Waals surface area contributed by atoms with E-state index in [-0.39, 0.29) is 12.1 Å². The van der Waals surface area contributed by atoms with Gasteiger partial charge < -0.3 is 35.6 Å². The predicted molar refractivity (Wildman–Crippen MR) is 202 cm³/mol. The Morgan fingerprint density at radius 1 is 0.827 bits per heavy atom. The molecule has 14 nitrogen and oxygen atoms in total. The van der Waals surface area contributed by atoms with Crippen LogP contribution in [0.4, 0.5) is 43.2 Å². The molecule has 1 aliphatic heterocycles. The van der Waals surface area contributed by atoms with Gasteiger partial charge in [0.15, 0.2) is 17.0 Å². The van der Waals surface area contributed by atoms with Crippen molar-refractivity contribution in [3.8, 4) is 0 Å². The first-order valence-corrected chi connectivity index (χ1v) is 17.9. The van der Waals surface area contributed by atoms with E-state index in [2.05, 4.69) is 26.3 Å². The highest BCUT2D eigenvalue weighted by Gasteiger charge is 2.30. The van der Waals surface area contributed by atoms with Gasteiger partial charge in [0.25, 0.3) is 0 Å². The Balaban J connectivity index is 1.22. The van der Waals surface area contributed by atoms with Crippen LogP contribution in [0, 0.1) is 0 Å². The highest BCUT2D eigenvalue weighted by atomic mass is 35.5. The van der Waals surface area contributed by atoms with Crippen LogP contribution in [0.3, 0.4) is 0 Å². The molecule has 0 radical (unpaired) electrons. The number of anilines is 5. The highest BCUT2D eigenvalue weighted by Crippen LogP contribution is 2.38. The van der Waals surface area contributed by atoms with Gasteiger partial charge in [-0.25, -0.2) is 23.9 Å². The summed E-state index contributed by atoms with van der Waals surface area (Å²) < 4.78 is 12.4. The summed E-state index contributed by atoms with van der Waals surface area (Å²) in [5.41, 5.74) is 2.47. The zero-order valence-electron chi connectivity index (χ0n) is 30.0. The summed E-state index contributed by atoms with van der Waals surface area (Å²) in [6, 6.07) is 10.1. The Labute approximate surface area is 312 Å². The minimum absolute atomic E-state index is 0.00273. The number of carbonyl (C=O) groups is 3. The summed E-state index contributed by atoms with van der Waals surface area (Å²) >= 11 is 12.1. The number of fused-ring (bicyclic) bond motifs is 2. The van der Waals surface area contributed by atoms with Gasteiger partial charge in [-0.3, -0.25) is 0 Å². The van der Waals surface area contributed by atoms with Crippen molar-refractivity contribution in [3.05, 3.63) is 58.3 Å². The molecule has 276 valence electrons. The molecular weight excluding hydrogens is 709 g/mol. The van der Waals surface area contributed by atoms with E-state index in [4.69, 9.17) is 42.6 Å². The molecule has 0 spiro atoms. The van der Waals surface area contributed by atoms with Gasteiger partial charge in [-0.1, -0.05) is 23.2 Å². The Morgan fingerprint density at radius 3 is 2.15 bits per heavy atom. The molecule has 3 heterocycles. The number of benzene rings is 2. The van der Waals surface area contributed by atoms with E-state index in [0.717, 1.165) is 36.9 Å². The summed E-state index contributed by atoms with van der Waals surface area (Å²) in [6.45, 7) is 11.5. The van der Waals surface area contributed by atoms with E-state index >= 15 is 0 Å². The van der Waals surface area contributed by atoms with E-state index in [1.165, 1.54) is 10.9 Å². The van der Waals surface area contributed by atoms with Crippen molar-refractivity contribution in [2.24, 2.45) is 0 Å². The van der Waals surface area contributed by atoms with Gasteiger partial charge in [0.05, 0.1) is 10.0 Å². The monoisotopic (exact) mass is 751 g/mol. The Morgan fingerprint density at radius 2 is 1.48 bits per heavy atom. The van der Waals surface area contributed by atoms with Crippen LogP contribution in [0.15, 0.2) is 42.7 Å². The van der Waals surface area contributed by atoms with Gasteiger partial charge in [0, 0.05) is 35.7 Å². The molecule has 0 bridgehead atoms. The normalized spacial score (nSPS) is 17.3. The molecule has 4 N–H and O–H groups in total. The number of imidazole rings is 1. The lowest BCUT2D eigenvalue weighted by atomic mass is 9.91. The fourth-order valence-corrected chi connectivity index (χ4v) is 6.49. The third kappa shape index (κ3) is 8.96.